The third kappa shape index (κ3) is 6.84. The van der Waals surface area contributed by atoms with Crippen molar-refractivity contribution in [3.8, 4) is 0 Å². The number of ether oxygens (including phenoxy) is 3. The van der Waals surface area contributed by atoms with Crippen molar-refractivity contribution >= 4 is 46.0 Å². The van der Waals surface area contributed by atoms with E-state index in [1.165, 1.54) is 13.2 Å². The van der Waals surface area contributed by atoms with Gasteiger partial charge in [-0.3, -0.25) is 19.1 Å². The fraction of sp³-hybridized carbons (Fsp3) is 0.484. The Morgan fingerprint density at radius 3 is 2.56 bits per heavy atom. The smallest absolute Gasteiger partial charge is 0.308 e. The number of halogens is 2. The van der Waals surface area contributed by atoms with Crippen molar-refractivity contribution in [2.45, 2.75) is 56.8 Å². The van der Waals surface area contributed by atoms with Crippen LogP contribution in [0.25, 0.3) is 10.9 Å². The zero-order chi connectivity index (χ0) is 30.7. The molecule has 3 aromatic rings. The van der Waals surface area contributed by atoms with E-state index in [0.717, 1.165) is 24.4 Å². The zero-order valence-electron chi connectivity index (χ0n) is 24.5. The molecule has 43 heavy (non-hydrogen) atoms. The molecular weight excluding hydrogens is 579 g/mol. The average molecular weight is 615 g/mol. The van der Waals surface area contributed by atoms with Crippen LogP contribution in [0.1, 0.15) is 48.2 Å². The lowest BCUT2D eigenvalue weighted by Crippen LogP contribution is -2.39. The van der Waals surface area contributed by atoms with Gasteiger partial charge in [0.1, 0.15) is 5.82 Å². The number of likely N-dealkylation sites (tertiary alicyclic amines) is 1. The van der Waals surface area contributed by atoms with E-state index in [1.807, 2.05) is 18.2 Å². The Balaban J connectivity index is 1.22. The standard InChI is InChI=1S/C31H36ClFN4O6/c1-36-27-7-5-4-6-23(27)29(35-36)30(39)34-26-15-25(33)19(12-24(26)32)13-28(38)37-16-22(14-20(37)17-41-2)43-21-10-8-18(9-11-21)31(40)42-3/h4-7,12,15,18,20-22H,8-11,13-14,16-17H2,1-3H3,(H,34,39)/t18?,20-,21?,22+/m0/s1. The number of nitrogens with one attached hydrogen (secondary N) is 1. The number of anilines is 1. The number of carbonyl (C=O) groups is 3. The summed E-state index contributed by atoms with van der Waals surface area (Å²) in [5.41, 5.74) is 1.19. The van der Waals surface area contributed by atoms with Gasteiger partial charge < -0.3 is 24.4 Å². The molecule has 1 aliphatic carbocycles. The summed E-state index contributed by atoms with van der Waals surface area (Å²) < 4.78 is 33.4. The van der Waals surface area contributed by atoms with Gasteiger partial charge in [0.2, 0.25) is 5.91 Å². The predicted molar refractivity (Wildman–Crippen MR) is 158 cm³/mol. The van der Waals surface area contributed by atoms with E-state index in [-0.39, 0.29) is 64.4 Å². The summed E-state index contributed by atoms with van der Waals surface area (Å²) in [5.74, 6) is -1.72. The summed E-state index contributed by atoms with van der Waals surface area (Å²) in [4.78, 5) is 39.9. The maximum Gasteiger partial charge on any atom is 0.308 e. The van der Waals surface area contributed by atoms with E-state index in [9.17, 15) is 14.4 Å². The van der Waals surface area contributed by atoms with Crippen LogP contribution in [-0.4, -0.2) is 78.1 Å². The number of aromatic nitrogens is 2. The zero-order valence-corrected chi connectivity index (χ0v) is 25.2. The van der Waals surface area contributed by atoms with Crippen LogP contribution in [0.3, 0.4) is 0 Å². The Labute approximate surface area is 254 Å². The van der Waals surface area contributed by atoms with Gasteiger partial charge in [-0.05, 0) is 55.9 Å². The van der Waals surface area contributed by atoms with Crippen LogP contribution in [-0.2, 0) is 37.3 Å². The second-order valence-corrected chi connectivity index (χ2v) is 11.6. The Morgan fingerprint density at radius 2 is 1.84 bits per heavy atom. The molecule has 10 nitrogen and oxygen atoms in total. The molecule has 2 heterocycles. The van der Waals surface area contributed by atoms with Crippen LogP contribution in [0.5, 0.6) is 0 Å². The number of nitrogens with zero attached hydrogens (tertiary/aromatic N) is 3. The number of hydrogen-bond acceptors (Lipinski definition) is 7. The van der Waals surface area contributed by atoms with Crippen LogP contribution in [0, 0.1) is 11.7 Å². The third-order valence-electron chi connectivity index (χ3n) is 8.35. The minimum Gasteiger partial charge on any atom is -0.469 e. The number of carbonyl (C=O) groups excluding carboxylic acids is 3. The number of rotatable bonds is 9. The molecule has 2 aromatic carbocycles. The number of amides is 2. The summed E-state index contributed by atoms with van der Waals surface area (Å²) in [7, 11) is 4.72. The highest BCUT2D eigenvalue weighted by Gasteiger charge is 2.38. The molecular formula is C31H36ClFN4O6. The minimum atomic E-state index is -0.656. The quantitative estimate of drug-likeness (QED) is 0.353. The molecule has 1 aliphatic heterocycles. The second kappa shape index (κ2) is 13.4. The lowest BCUT2D eigenvalue weighted by molar-refractivity contribution is -0.148. The number of benzene rings is 2. The highest BCUT2D eigenvalue weighted by molar-refractivity contribution is 6.34. The maximum atomic E-state index is 15.2. The molecule has 2 atom stereocenters. The van der Waals surface area contributed by atoms with Gasteiger partial charge in [-0.15, -0.1) is 0 Å². The summed E-state index contributed by atoms with van der Waals surface area (Å²) in [6.07, 6.45) is 3.15. The number of fused-ring (bicyclic) bond motifs is 1. The first kappa shape index (κ1) is 30.9. The Kier molecular flexibility index (Phi) is 9.63. The van der Waals surface area contributed by atoms with Gasteiger partial charge in [0.05, 0.1) is 60.5 Å². The summed E-state index contributed by atoms with van der Waals surface area (Å²) in [6, 6.07) is 9.58. The molecule has 2 fully saturated rings. The Hall–Kier alpha value is -3.54. The molecule has 2 aliphatic rings. The second-order valence-electron chi connectivity index (χ2n) is 11.2. The molecule has 5 rings (SSSR count). The van der Waals surface area contributed by atoms with Gasteiger partial charge in [0.25, 0.3) is 5.91 Å². The molecule has 0 spiro atoms. The van der Waals surface area contributed by atoms with Crippen LogP contribution in [0.2, 0.25) is 5.02 Å². The van der Waals surface area contributed by atoms with E-state index in [4.69, 9.17) is 25.8 Å². The fourth-order valence-electron chi connectivity index (χ4n) is 6.15. The van der Waals surface area contributed by atoms with Crippen molar-refractivity contribution in [2.24, 2.45) is 13.0 Å². The molecule has 0 bridgehead atoms. The average Bonchev–Trinajstić information content (AvgIpc) is 3.56. The summed E-state index contributed by atoms with van der Waals surface area (Å²) >= 11 is 6.45. The van der Waals surface area contributed by atoms with E-state index < -0.39 is 11.7 Å². The van der Waals surface area contributed by atoms with Crippen molar-refractivity contribution in [1.29, 1.82) is 0 Å². The van der Waals surface area contributed by atoms with Crippen molar-refractivity contribution in [3.63, 3.8) is 0 Å². The number of hydrogen-bond donors (Lipinski definition) is 1. The maximum absolute atomic E-state index is 15.2. The van der Waals surface area contributed by atoms with E-state index >= 15 is 4.39 Å². The first-order chi connectivity index (χ1) is 20.7. The molecule has 12 heteroatoms. The molecule has 1 saturated heterocycles. The number of aryl methyl sites for hydroxylation is 1. The fourth-order valence-corrected chi connectivity index (χ4v) is 6.38. The van der Waals surface area contributed by atoms with Crippen molar-refractivity contribution in [3.05, 3.63) is 58.5 Å². The SMILES string of the molecule is COC[C@@H]1C[C@@H](OC2CCC(C(=O)OC)CC2)CN1C(=O)Cc1cc(Cl)c(NC(=O)c2nn(C)c3ccccc23)cc1F. The molecule has 230 valence electrons. The first-order valence-electron chi connectivity index (χ1n) is 14.4. The Morgan fingerprint density at radius 1 is 1.09 bits per heavy atom. The van der Waals surface area contributed by atoms with Crippen molar-refractivity contribution in [2.75, 3.05) is 32.7 Å². The van der Waals surface area contributed by atoms with E-state index in [2.05, 4.69) is 10.4 Å². The van der Waals surface area contributed by atoms with E-state index in [0.29, 0.717) is 37.8 Å². The predicted octanol–water partition coefficient (Wildman–Crippen LogP) is 4.52. The lowest BCUT2D eigenvalue weighted by Gasteiger charge is -2.29. The van der Waals surface area contributed by atoms with Crippen molar-refractivity contribution in [1.82, 2.24) is 14.7 Å². The molecule has 0 unspecified atom stereocenters. The first-order valence-corrected chi connectivity index (χ1v) is 14.8. The topological polar surface area (TPSA) is 112 Å². The molecule has 0 radical (unpaired) electrons. The molecule has 1 N–H and O–H groups in total. The number of esters is 1. The summed E-state index contributed by atoms with van der Waals surface area (Å²) in [6.45, 7) is 0.697. The highest BCUT2D eigenvalue weighted by Crippen LogP contribution is 2.32. The van der Waals surface area contributed by atoms with Crippen molar-refractivity contribution < 1.29 is 33.0 Å². The Bertz CT molecular complexity index is 1500. The molecule has 1 saturated carbocycles. The third-order valence-corrected chi connectivity index (χ3v) is 8.66. The van der Waals surface area contributed by atoms with Crippen LogP contribution in [0.4, 0.5) is 10.1 Å². The highest BCUT2D eigenvalue weighted by atomic mass is 35.5. The van der Waals surface area contributed by atoms with Gasteiger partial charge in [-0.2, -0.15) is 5.10 Å². The van der Waals surface area contributed by atoms with Gasteiger partial charge in [-0.1, -0.05) is 29.8 Å². The molecule has 2 amide bonds. The van der Waals surface area contributed by atoms with E-state index in [1.54, 1.807) is 29.8 Å². The minimum absolute atomic E-state index is 0.00670. The van der Waals surface area contributed by atoms with Crippen LogP contribution >= 0.6 is 11.6 Å². The number of methoxy groups -OCH3 is 2. The normalized spacial score (nSPS) is 22.1. The molecule has 1 aromatic heterocycles. The van der Waals surface area contributed by atoms with Gasteiger partial charge >= 0.3 is 5.97 Å². The van der Waals surface area contributed by atoms with Gasteiger partial charge in [0.15, 0.2) is 5.69 Å². The lowest BCUT2D eigenvalue weighted by atomic mass is 9.87. The van der Waals surface area contributed by atoms with Crippen LogP contribution < -0.4 is 5.32 Å². The monoisotopic (exact) mass is 614 g/mol. The summed E-state index contributed by atoms with van der Waals surface area (Å²) in [5, 5.41) is 7.71. The largest absolute Gasteiger partial charge is 0.469 e. The van der Waals surface area contributed by atoms with Gasteiger partial charge in [0, 0.05) is 26.1 Å². The number of para-hydroxylation sites is 1. The van der Waals surface area contributed by atoms with Crippen LogP contribution in [0.15, 0.2) is 36.4 Å². The van der Waals surface area contributed by atoms with Gasteiger partial charge in [-0.25, -0.2) is 4.39 Å².